The van der Waals surface area contributed by atoms with Gasteiger partial charge in [0.1, 0.15) is 29.0 Å². The van der Waals surface area contributed by atoms with Gasteiger partial charge in [-0.1, -0.05) is 29.3 Å². The number of carboxylic acid groups (broad SMARTS) is 1. The number of hydrogen-bond donors (Lipinski definition) is 2. The number of H-pyrrole nitrogens is 2. The smallest absolute Gasteiger partial charge is 0.430 e. The van der Waals surface area contributed by atoms with Crippen molar-refractivity contribution in [2.45, 2.75) is 44.9 Å². The van der Waals surface area contributed by atoms with Gasteiger partial charge in [0.25, 0.3) is 17.3 Å². The molecule has 0 bridgehead atoms. The molecule has 1 saturated heterocycles. The highest BCUT2D eigenvalue weighted by molar-refractivity contribution is 6.42. The van der Waals surface area contributed by atoms with Crippen LogP contribution in [0.2, 0.25) is 10.2 Å². The van der Waals surface area contributed by atoms with E-state index in [9.17, 15) is 31.9 Å². The fourth-order valence-corrected chi connectivity index (χ4v) is 5.77. The molecule has 5 heterocycles. The minimum Gasteiger partial charge on any atom is -0.542 e. The van der Waals surface area contributed by atoms with Crippen molar-refractivity contribution >= 4 is 46.5 Å². The van der Waals surface area contributed by atoms with Crippen molar-refractivity contribution in [3.8, 4) is 0 Å². The molecular formula is C28H25Cl2F4N7O5. The van der Waals surface area contributed by atoms with Gasteiger partial charge in [-0.3, -0.25) is 18.8 Å². The standard InChI is InChI=1S/C26H24Cl2FN7O3.C2HF3O2/c27-18-12-20-24(37)30-13-16(36(20)22(18)28)10-15-4-5-19(29)17(11-15)25(38)34-8-9-35-21(14-34)31-32-23(35)26(39)33-6-2-1-3-7-33;3-2(4,5)1(6)7/h4-5,11-13H,1-3,6-10,14H2,(H,30,37);(H,6,7). The maximum Gasteiger partial charge on any atom is 0.430 e. The molecule has 12 nitrogen and oxygen atoms in total. The van der Waals surface area contributed by atoms with Crippen LogP contribution >= 0.6 is 23.2 Å². The summed E-state index contributed by atoms with van der Waals surface area (Å²) in [6.07, 6.45) is -0.327. The Morgan fingerprint density at radius 3 is 2.39 bits per heavy atom. The topological polar surface area (TPSA) is 151 Å². The molecule has 2 aliphatic rings. The van der Waals surface area contributed by atoms with Gasteiger partial charge in [0.05, 0.1) is 23.7 Å². The quantitative estimate of drug-likeness (QED) is 0.249. The predicted molar refractivity (Wildman–Crippen MR) is 152 cm³/mol. The van der Waals surface area contributed by atoms with Crippen molar-refractivity contribution < 1.29 is 41.6 Å². The minimum atomic E-state index is -5.19. The molecule has 6 rings (SSSR count). The molecule has 0 atom stereocenters. The van der Waals surface area contributed by atoms with E-state index in [1.807, 2.05) is 4.90 Å². The summed E-state index contributed by atoms with van der Waals surface area (Å²) in [5, 5.41) is 16.4. The van der Waals surface area contributed by atoms with Crippen molar-refractivity contribution in [2.24, 2.45) is 0 Å². The van der Waals surface area contributed by atoms with Gasteiger partial charge in [0, 0.05) is 36.5 Å². The number of rotatable bonds is 4. The highest BCUT2D eigenvalue weighted by atomic mass is 35.5. The Morgan fingerprint density at radius 1 is 1.02 bits per heavy atom. The van der Waals surface area contributed by atoms with E-state index >= 15 is 0 Å². The first-order valence-electron chi connectivity index (χ1n) is 14.0. The van der Waals surface area contributed by atoms with Gasteiger partial charge in [-0.05, 0) is 43.0 Å². The number of likely N-dealkylation sites (tertiary alicyclic amines) is 1. The lowest BCUT2D eigenvalue weighted by atomic mass is 10.0. The van der Waals surface area contributed by atoms with Crippen molar-refractivity contribution in [2.75, 3.05) is 19.6 Å². The number of aromatic amines is 2. The van der Waals surface area contributed by atoms with Crippen LogP contribution in [0.1, 0.15) is 57.3 Å². The van der Waals surface area contributed by atoms with Crippen LogP contribution in [-0.4, -0.2) is 73.0 Å². The SMILES string of the molecule is O=C([O-])C(F)(F)F.O=C(c1cc(Cc2c[nH]c(=O)c3cc(Cl)c(Cl)n23)ccc1F)N1CC[n+]2c(C(=O)N3CCCCC3)n[nH]c2C1. The largest absolute Gasteiger partial charge is 0.542 e. The lowest BCUT2D eigenvalue weighted by molar-refractivity contribution is -0.712. The Kier molecular flexibility index (Phi) is 9.39. The second-order valence-corrected chi connectivity index (χ2v) is 11.4. The molecule has 3 aromatic heterocycles. The van der Waals surface area contributed by atoms with Gasteiger partial charge in [0.2, 0.25) is 0 Å². The van der Waals surface area contributed by atoms with Crippen LogP contribution in [0.15, 0.2) is 35.3 Å². The summed E-state index contributed by atoms with van der Waals surface area (Å²) in [4.78, 5) is 53.4. The Balaban J connectivity index is 0.000000537. The van der Waals surface area contributed by atoms with Crippen LogP contribution < -0.4 is 15.2 Å². The van der Waals surface area contributed by atoms with E-state index < -0.39 is 23.9 Å². The Bertz CT molecular complexity index is 1880. The molecule has 2 amide bonds. The van der Waals surface area contributed by atoms with Crippen LogP contribution in [0.5, 0.6) is 0 Å². The Morgan fingerprint density at radius 2 is 1.72 bits per heavy atom. The number of amides is 2. The number of nitrogens with zero attached hydrogens (tertiary/aromatic N) is 5. The zero-order chi connectivity index (χ0) is 33.3. The molecule has 46 heavy (non-hydrogen) atoms. The van der Waals surface area contributed by atoms with Gasteiger partial charge in [-0.25, -0.2) is 8.96 Å². The van der Waals surface area contributed by atoms with Gasteiger partial charge in [0.15, 0.2) is 0 Å². The van der Waals surface area contributed by atoms with E-state index in [1.165, 1.54) is 33.7 Å². The molecule has 4 aromatic rings. The molecule has 2 aliphatic heterocycles. The molecule has 0 aliphatic carbocycles. The number of aromatic nitrogens is 5. The molecule has 0 unspecified atom stereocenters. The maximum absolute atomic E-state index is 14.9. The van der Waals surface area contributed by atoms with Crippen LogP contribution in [0.4, 0.5) is 17.6 Å². The maximum atomic E-state index is 14.9. The van der Waals surface area contributed by atoms with Crippen molar-refractivity contribution in [3.05, 3.63) is 85.3 Å². The predicted octanol–water partition coefficient (Wildman–Crippen LogP) is 2.26. The first-order valence-corrected chi connectivity index (χ1v) is 14.7. The molecule has 0 spiro atoms. The number of benzene rings is 1. The number of piperidine rings is 1. The highest BCUT2D eigenvalue weighted by Crippen LogP contribution is 2.27. The zero-order valence-corrected chi connectivity index (χ0v) is 25.3. The zero-order valence-electron chi connectivity index (χ0n) is 23.8. The fourth-order valence-electron chi connectivity index (χ4n) is 5.33. The van der Waals surface area contributed by atoms with Crippen LogP contribution in [0.3, 0.4) is 0 Å². The number of carbonyl (C=O) groups excluding carboxylic acids is 3. The fraction of sp³-hybridized carbons (Fsp3) is 0.357. The van der Waals surface area contributed by atoms with E-state index in [1.54, 1.807) is 10.6 Å². The second-order valence-electron chi connectivity index (χ2n) is 10.6. The summed E-state index contributed by atoms with van der Waals surface area (Å²) < 4.78 is 49.8. The summed E-state index contributed by atoms with van der Waals surface area (Å²) in [5.41, 5.74) is 1.15. The third-order valence-corrected chi connectivity index (χ3v) is 8.35. The first kappa shape index (κ1) is 32.9. The van der Waals surface area contributed by atoms with Gasteiger partial charge < -0.3 is 24.7 Å². The molecule has 0 radical (unpaired) electrons. The number of nitrogens with one attached hydrogen (secondary N) is 2. The van der Waals surface area contributed by atoms with E-state index in [-0.39, 0.29) is 40.2 Å². The van der Waals surface area contributed by atoms with E-state index in [2.05, 4.69) is 15.2 Å². The normalized spacial score (nSPS) is 14.9. The number of halogens is 6. The summed E-state index contributed by atoms with van der Waals surface area (Å²) in [5.74, 6) is -3.28. The number of carbonyl (C=O) groups is 3. The molecule has 2 N–H and O–H groups in total. The van der Waals surface area contributed by atoms with E-state index in [0.29, 0.717) is 41.5 Å². The summed E-state index contributed by atoms with van der Waals surface area (Å²) >= 11 is 12.5. The Labute approximate surface area is 267 Å². The monoisotopic (exact) mass is 685 g/mol. The minimum absolute atomic E-state index is 0.0672. The van der Waals surface area contributed by atoms with Gasteiger partial charge >= 0.3 is 17.9 Å². The van der Waals surface area contributed by atoms with Crippen molar-refractivity contribution in [3.63, 3.8) is 0 Å². The van der Waals surface area contributed by atoms with E-state index in [4.69, 9.17) is 33.1 Å². The lowest BCUT2D eigenvalue weighted by Crippen LogP contribution is -2.55. The molecule has 18 heteroatoms. The average molecular weight is 686 g/mol. The third-order valence-electron chi connectivity index (χ3n) is 7.59. The highest BCUT2D eigenvalue weighted by Gasteiger charge is 2.36. The average Bonchev–Trinajstić information content (AvgIpc) is 3.59. The number of aliphatic carboxylic acids is 1. The van der Waals surface area contributed by atoms with Crippen LogP contribution in [-0.2, 0) is 24.3 Å². The van der Waals surface area contributed by atoms with Crippen LogP contribution in [0, 0.1) is 5.82 Å². The van der Waals surface area contributed by atoms with Crippen LogP contribution in [0.25, 0.3) is 5.52 Å². The summed E-state index contributed by atoms with van der Waals surface area (Å²) in [6.45, 7) is 2.28. The molecule has 1 aromatic carbocycles. The number of carboxylic acids is 1. The number of alkyl halides is 3. The lowest BCUT2D eigenvalue weighted by Gasteiger charge is -2.27. The summed E-state index contributed by atoms with van der Waals surface area (Å²) in [6, 6.07) is 5.83. The van der Waals surface area contributed by atoms with Crippen molar-refractivity contribution in [1.29, 1.82) is 0 Å². The Hall–Kier alpha value is -4.44. The first-order chi connectivity index (χ1) is 21.8. The van der Waals surface area contributed by atoms with Crippen molar-refractivity contribution in [1.82, 2.24) is 29.4 Å². The second kappa shape index (κ2) is 13.1. The molecule has 0 saturated carbocycles. The molecule has 244 valence electrons. The van der Waals surface area contributed by atoms with Gasteiger partial charge in [-0.15, -0.1) is 5.10 Å². The van der Waals surface area contributed by atoms with E-state index in [0.717, 1.165) is 32.4 Å². The molecular weight excluding hydrogens is 661 g/mol. The number of hydrogen-bond acceptors (Lipinski definition) is 6. The third kappa shape index (κ3) is 6.72. The molecule has 1 fully saturated rings. The summed E-state index contributed by atoms with van der Waals surface area (Å²) in [7, 11) is 0. The van der Waals surface area contributed by atoms with Gasteiger partial charge in [-0.2, -0.15) is 13.2 Å². The number of fused-ring (bicyclic) bond motifs is 2.